The number of hydrogen-bond donors (Lipinski definition) is 1. The summed E-state index contributed by atoms with van der Waals surface area (Å²) < 4.78 is 0. The van der Waals surface area contributed by atoms with Crippen molar-refractivity contribution in [2.45, 2.75) is 58.8 Å². The molecule has 1 aliphatic heterocycles. The van der Waals surface area contributed by atoms with Crippen molar-refractivity contribution in [3.63, 3.8) is 0 Å². The lowest BCUT2D eigenvalue weighted by molar-refractivity contribution is 0.188. The molecule has 1 unspecified atom stereocenters. The summed E-state index contributed by atoms with van der Waals surface area (Å²) in [4.78, 5) is 2.58. The van der Waals surface area contributed by atoms with E-state index in [1.807, 2.05) is 0 Å². The first-order valence-corrected chi connectivity index (χ1v) is 7.53. The molecule has 1 atom stereocenters. The molecule has 0 aliphatic carbocycles. The zero-order chi connectivity index (χ0) is 12.5. The second kappa shape index (κ2) is 8.68. The molecule has 2 heteroatoms. The summed E-state index contributed by atoms with van der Waals surface area (Å²) in [5.74, 6) is 1.46. The Bertz CT molecular complexity index is 197. The molecule has 0 aromatic rings. The first kappa shape index (κ1) is 14.7. The van der Waals surface area contributed by atoms with Crippen LogP contribution >= 0.6 is 0 Å². The topological polar surface area (TPSA) is 27.1 Å². The third kappa shape index (κ3) is 5.67. The van der Waals surface area contributed by atoms with Gasteiger partial charge in [0.05, 0.1) is 0 Å². The Morgan fingerprint density at radius 1 is 1.24 bits per heavy atom. The maximum atomic E-state index is 7.38. The Morgan fingerprint density at radius 2 is 1.94 bits per heavy atom. The maximum absolute atomic E-state index is 7.38. The van der Waals surface area contributed by atoms with Crippen molar-refractivity contribution in [1.82, 2.24) is 4.90 Å². The van der Waals surface area contributed by atoms with Gasteiger partial charge in [-0.1, -0.05) is 39.5 Å². The van der Waals surface area contributed by atoms with E-state index in [1.165, 1.54) is 58.0 Å². The largest absolute Gasteiger partial charge is 0.313 e. The molecule has 1 saturated heterocycles. The molecule has 0 bridgehead atoms. The highest BCUT2D eigenvalue weighted by Crippen LogP contribution is 2.20. The van der Waals surface area contributed by atoms with E-state index in [0.717, 1.165) is 12.5 Å². The molecule has 1 fully saturated rings. The number of nitrogens with zero attached hydrogens (tertiary/aromatic N) is 1. The van der Waals surface area contributed by atoms with E-state index in [9.17, 15) is 0 Å². The van der Waals surface area contributed by atoms with Gasteiger partial charge in [-0.15, -0.1) is 0 Å². The molecule has 17 heavy (non-hydrogen) atoms. The number of rotatable bonds is 8. The predicted octanol–water partition coefficient (Wildman–Crippen LogP) is 3.95. The zero-order valence-electron chi connectivity index (χ0n) is 11.8. The van der Waals surface area contributed by atoms with Gasteiger partial charge in [0.15, 0.2) is 0 Å². The van der Waals surface area contributed by atoms with Crippen molar-refractivity contribution in [2.24, 2.45) is 11.8 Å². The Balaban J connectivity index is 2.24. The molecule has 1 rings (SSSR count). The van der Waals surface area contributed by atoms with E-state index in [4.69, 9.17) is 5.41 Å². The first-order chi connectivity index (χ1) is 8.30. The molecule has 0 spiro atoms. The van der Waals surface area contributed by atoms with Gasteiger partial charge in [0, 0.05) is 12.5 Å². The molecule has 0 aromatic heterocycles. The number of likely N-dealkylation sites (tertiary alicyclic amines) is 1. The smallest absolute Gasteiger partial charge is 0.00632 e. The van der Waals surface area contributed by atoms with Gasteiger partial charge < -0.3 is 10.3 Å². The lowest BCUT2D eigenvalue weighted by atomic mass is 9.93. The normalized spacial score (nSPS) is 21.9. The molecule has 1 N–H and O–H groups in total. The number of nitrogens with one attached hydrogen (secondary N) is 1. The van der Waals surface area contributed by atoms with Crippen molar-refractivity contribution in [1.29, 1.82) is 5.41 Å². The van der Waals surface area contributed by atoms with Crippen LogP contribution in [0.25, 0.3) is 0 Å². The average molecular weight is 238 g/mol. The van der Waals surface area contributed by atoms with Gasteiger partial charge in [-0.05, 0) is 44.5 Å². The third-order valence-electron chi connectivity index (χ3n) is 4.03. The molecule has 0 aromatic carbocycles. The second-order valence-corrected chi connectivity index (χ2v) is 5.60. The van der Waals surface area contributed by atoms with Crippen LogP contribution in [0.15, 0.2) is 0 Å². The summed E-state index contributed by atoms with van der Waals surface area (Å²) in [5.41, 5.74) is 0. The molecule has 1 heterocycles. The fourth-order valence-electron chi connectivity index (χ4n) is 3.05. The van der Waals surface area contributed by atoms with E-state index >= 15 is 0 Å². The van der Waals surface area contributed by atoms with Crippen LogP contribution in [0.2, 0.25) is 0 Å². The van der Waals surface area contributed by atoms with Crippen molar-refractivity contribution in [2.75, 3.05) is 19.6 Å². The van der Waals surface area contributed by atoms with E-state index in [0.29, 0.717) is 5.92 Å². The minimum atomic E-state index is 0.527. The molecule has 1 aliphatic rings. The fourth-order valence-corrected chi connectivity index (χ4v) is 3.05. The van der Waals surface area contributed by atoms with Crippen molar-refractivity contribution >= 4 is 6.21 Å². The van der Waals surface area contributed by atoms with Gasteiger partial charge in [0.2, 0.25) is 0 Å². The molecular weight excluding hydrogens is 208 g/mol. The summed E-state index contributed by atoms with van der Waals surface area (Å²) in [7, 11) is 0. The van der Waals surface area contributed by atoms with Gasteiger partial charge in [0.25, 0.3) is 0 Å². The quantitative estimate of drug-likeness (QED) is 0.637. The molecular formula is C15H30N2. The van der Waals surface area contributed by atoms with Crippen molar-refractivity contribution in [3.05, 3.63) is 0 Å². The highest BCUT2D eigenvalue weighted by Gasteiger charge is 2.18. The van der Waals surface area contributed by atoms with Gasteiger partial charge in [-0.3, -0.25) is 0 Å². The monoisotopic (exact) mass is 238 g/mol. The molecule has 0 amide bonds. The van der Waals surface area contributed by atoms with E-state index in [2.05, 4.69) is 18.7 Å². The zero-order valence-corrected chi connectivity index (χ0v) is 11.8. The van der Waals surface area contributed by atoms with Crippen LogP contribution in [0.5, 0.6) is 0 Å². The minimum absolute atomic E-state index is 0.527. The van der Waals surface area contributed by atoms with Gasteiger partial charge in [0.1, 0.15) is 0 Å². The summed E-state index contributed by atoms with van der Waals surface area (Å²) in [6, 6.07) is 0. The average Bonchev–Trinajstić information content (AvgIpc) is 2.37. The molecule has 0 saturated carbocycles. The SMILES string of the molecule is CCCC(CCC)CCN1CCCC(C=N)C1. The molecule has 100 valence electrons. The Kier molecular flexibility index (Phi) is 7.50. The molecule has 2 nitrogen and oxygen atoms in total. The maximum Gasteiger partial charge on any atom is 0.00632 e. The number of piperidine rings is 1. The van der Waals surface area contributed by atoms with Gasteiger partial charge in [-0.2, -0.15) is 0 Å². The van der Waals surface area contributed by atoms with Crippen molar-refractivity contribution in [3.8, 4) is 0 Å². The Hall–Kier alpha value is -0.370. The minimum Gasteiger partial charge on any atom is -0.313 e. The Morgan fingerprint density at radius 3 is 2.53 bits per heavy atom. The summed E-state index contributed by atoms with van der Waals surface area (Å²) >= 11 is 0. The van der Waals surface area contributed by atoms with Crippen LogP contribution in [-0.2, 0) is 0 Å². The van der Waals surface area contributed by atoms with E-state index in [-0.39, 0.29) is 0 Å². The van der Waals surface area contributed by atoms with Crippen LogP contribution in [0.3, 0.4) is 0 Å². The van der Waals surface area contributed by atoms with E-state index in [1.54, 1.807) is 6.21 Å². The highest BCUT2D eigenvalue weighted by molar-refractivity contribution is 5.57. The predicted molar refractivity (Wildman–Crippen MR) is 75.9 cm³/mol. The molecule has 0 radical (unpaired) electrons. The van der Waals surface area contributed by atoms with E-state index < -0.39 is 0 Å². The van der Waals surface area contributed by atoms with Crippen LogP contribution < -0.4 is 0 Å². The standard InChI is InChI=1S/C15H30N2/c1-3-6-14(7-4-2)9-11-17-10-5-8-15(12-16)13-17/h12,14-16H,3-11,13H2,1-2H3. The summed E-state index contributed by atoms with van der Waals surface area (Å²) in [6.45, 7) is 8.25. The first-order valence-electron chi connectivity index (χ1n) is 7.53. The fraction of sp³-hybridized carbons (Fsp3) is 0.933. The highest BCUT2D eigenvalue weighted by atomic mass is 15.1. The second-order valence-electron chi connectivity index (χ2n) is 5.60. The number of hydrogen-bond acceptors (Lipinski definition) is 2. The van der Waals surface area contributed by atoms with Gasteiger partial charge >= 0.3 is 0 Å². The summed E-state index contributed by atoms with van der Waals surface area (Å²) in [6.07, 6.45) is 11.0. The summed E-state index contributed by atoms with van der Waals surface area (Å²) in [5, 5.41) is 7.38. The lowest BCUT2D eigenvalue weighted by Crippen LogP contribution is -2.37. The van der Waals surface area contributed by atoms with Gasteiger partial charge in [-0.25, -0.2) is 0 Å². The Labute approximate surface area is 107 Å². The lowest BCUT2D eigenvalue weighted by Gasteiger charge is -2.31. The van der Waals surface area contributed by atoms with Crippen LogP contribution in [0.1, 0.15) is 58.8 Å². The van der Waals surface area contributed by atoms with Crippen LogP contribution in [0, 0.1) is 17.2 Å². The van der Waals surface area contributed by atoms with Crippen LogP contribution in [0.4, 0.5) is 0 Å². The van der Waals surface area contributed by atoms with Crippen molar-refractivity contribution < 1.29 is 0 Å². The third-order valence-corrected chi connectivity index (χ3v) is 4.03. The van der Waals surface area contributed by atoms with Crippen LogP contribution in [-0.4, -0.2) is 30.7 Å².